The average Bonchev–Trinajstić information content (AvgIpc) is 2.68. The molecule has 1 amide bonds. The van der Waals surface area contributed by atoms with Crippen LogP contribution in [-0.2, 0) is 14.3 Å². The predicted octanol–water partition coefficient (Wildman–Crippen LogP) is 3.45. The monoisotopic (exact) mass is 386 g/mol. The third-order valence-corrected chi connectivity index (χ3v) is 3.59. The molecule has 0 spiro atoms. The van der Waals surface area contributed by atoms with Gasteiger partial charge in [-0.15, -0.1) is 0 Å². The maximum atomic E-state index is 13.2. The van der Waals surface area contributed by atoms with Gasteiger partial charge in [0.1, 0.15) is 17.4 Å². The van der Waals surface area contributed by atoms with Crippen molar-refractivity contribution in [2.75, 3.05) is 12.4 Å². The number of amides is 1. The molecular weight excluding hydrogens is 370 g/mol. The zero-order valence-electron chi connectivity index (χ0n) is 15.0. The van der Waals surface area contributed by atoms with Crippen molar-refractivity contribution in [2.45, 2.75) is 13.0 Å². The van der Waals surface area contributed by atoms with E-state index >= 15 is 0 Å². The Labute approximate surface area is 160 Å². The molecule has 1 atom stereocenters. The summed E-state index contributed by atoms with van der Waals surface area (Å²) in [5.74, 6) is -3.41. The van der Waals surface area contributed by atoms with Gasteiger partial charge < -0.3 is 14.8 Å². The normalized spacial score (nSPS) is 11.9. The predicted molar refractivity (Wildman–Crippen MR) is 97.1 cm³/mol. The van der Waals surface area contributed by atoms with Crippen molar-refractivity contribution in [2.24, 2.45) is 0 Å². The second-order valence-corrected chi connectivity index (χ2v) is 5.61. The van der Waals surface area contributed by atoms with Crippen LogP contribution in [0.3, 0.4) is 0 Å². The van der Waals surface area contributed by atoms with Gasteiger partial charge in [-0.2, -0.15) is 5.26 Å². The highest BCUT2D eigenvalue weighted by molar-refractivity contribution is 6.01. The minimum Gasteiger partial charge on any atom is -0.497 e. The summed E-state index contributed by atoms with van der Waals surface area (Å²) in [6, 6.07) is 11.2. The largest absolute Gasteiger partial charge is 0.497 e. The highest BCUT2D eigenvalue weighted by Gasteiger charge is 2.21. The van der Waals surface area contributed by atoms with Crippen molar-refractivity contribution in [1.29, 1.82) is 5.26 Å². The van der Waals surface area contributed by atoms with Crippen molar-refractivity contribution < 1.29 is 27.8 Å². The molecule has 0 saturated carbocycles. The Hall–Kier alpha value is -3.73. The zero-order valence-corrected chi connectivity index (χ0v) is 15.0. The van der Waals surface area contributed by atoms with Crippen LogP contribution in [-0.4, -0.2) is 25.1 Å². The lowest BCUT2D eigenvalue weighted by Gasteiger charge is -2.13. The Kier molecular flexibility index (Phi) is 6.82. The first-order valence-electron chi connectivity index (χ1n) is 8.06. The molecule has 0 aromatic heterocycles. The van der Waals surface area contributed by atoms with Crippen LogP contribution in [0.25, 0.3) is 6.08 Å². The van der Waals surface area contributed by atoms with Crippen LogP contribution in [0.5, 0.6) is 5.75 Å². The van der Waals surface area contributed by atoms with Crippen molar-refractivity contribution in [3.05, 3.63) is 65.2 Å². The molecule has 144 valence electrons. The summed E-state index contributed by atoms with van der Waals surface area (Å²) in [7, 11) is 1.48. The van der Waals surface area contributed by atoms with Gasteiger partial charge >= 0.3 is 5.97 Å². The molecule has 0 bridgehead atoms. The van der Waals surface area contributed by atoms with Gasteiger partial charge in [-0.3, -0.25) is 4.79 Å². The summed E-state index contributed by atoms with van der Waals surface area (Å²) < 4.78 is 36.2. The quantitative estimate of drug-likeness (QED) is 0.467. The molecule has 6 nitrogen and oxygen atoms in total. The lowest BCUT2D eigenvalue weighted by atomic mass is 10.1. The van der Waals surface area contributed by atoms with E-state index in [0.29, 0.717) is 11.3 Å². The number of carbonyl (C=O) groups excluding carboxylic acids is 2. The second-order valence-electron chi connectivity index (χ2n) is 5.61. The molecule has 0 aliphatic heterocycles. The number of methoxy groups -OCH3 is 1. The third kappa shape index (κ3) is 5.38. The first kappa shape index (κ1) is 20.6. The molecule has 0 aliphatic rings. The average molecular weight is 386 g/mol. The number of nitrogens with one attached hydrogen (secondary N) is 1. The van der Waals surface area contributed by atoms with Crippen LogP contribution in [0.1, 0.15) is 12.5 Å². The molecule has 0 saturated heterocycles. The Morgan fingerprint density at radius 3 is 2.57 bits per heavy atom. The van der Waals surface area contributed by atoms with E-state index in [1.807, 2.05) is 0 Å². The van der Waals surface area contributed by atoms with E-state index in [1.54, 1.807) is 30.3 Å². The van der Waals surface area contributed by atoms with Crippen molar-refractivity contribution in [3.8, 4) is 11.8 Å². The minimum absolute atomic E-state index is 0.000715. The molecular formula is C20H16F2N2O4. The molecule has 1 N–H and O–H groups in total. The Morgan fingerprint density at radius 1 is 1.18 bits per heavy atom. The van der Waals surface area contributed by atoms with Gasteiger partial charge in [-0.25, -0.2) is 13.6 Å². The number of anilines is 1. The Bertz CT molecular complexity index is 967. The van der Waals surface area contributed by atoms with E-state index in [9.17, 15) is 23.6 Å². The van der Waals surface area contributed by atoms with Crippen molar-refractivity contribution in [1.82, 2.24) is 0 Å². The van der Waals surface area contributed by atoms with E-state index in [-0.39, 0.29) is 11.3 Å². The number of hydrogen-bond donors (Lipinski definition) is 1. The topological polar surface area (TPSA) is 88.4 Å². The van der Waals surface area contributed by atoms with Gasteiger partial charge in [0.2, 0.25) is 0 Å². The summed E-state index contributed by atoms with van der Waals surface area (Å²) in [4.78, 5) is 24.2. The number of rotatable bonds is 6. The Balaban J connectivity index is 2.06. The minimum atomic E-state index is -1.28. The number of nitriles is 1. The molecule has 28 heavy (non-hydrogen) atoms. The highest BCUT2D eigenvalue weighted by atomic mass is 19.2. The SMILES string of the molecule is COc1cccc(/C=C(\C#N)C(=O)O[C@@H](C)C(=O)Nc2ccc(F)c(F)c2)c1. The smallest absolute Gasteiger partial charge is 0.349 e. The van der Waals surface area contributed by atoms with Crippen LogP contribution >= 0.6 is 0 Å². The van der Waals surface area contributed by atoms with E-state index < -0.39 is 29.6 Å². The fraction of sp³-hybridized carbons (Fsp3) is 0.150. The second kappa shape index (κ2) is 9.28. The molecule has 2 rings (SSSR count). The van der Waals surface area contributed by atoms with Crippen LogP contribution in [0.2, 0.25) is 0 Å². The standard InChI is InChI=1S/C20H16F2N2O4/c1-12(19(25)24-15-6-7-17(21)18(22)10-15)28-20(26)14(11-23)8-13-4-3-5-16(9-13)27-2/h3-10,12H,1-2H3,(H,24,25)/b14-8+/t12-/m0/s1. The molecule has 0 radical (unpaired) electrons. The van der Waals surface area contributed by atoms with E-state index in [0.717, 1.165) is 18.2 Å². The molecule has 0 heterocycles. The van der Waals surface area contributed by atoms with Crippen molar-refractivity contribution >= 4 is 23.6 Å². The molecule has 2 aromatic carbocycles. The third-order valence-electron chi connectivity index (χ3n) is 3.59. The zero-order chi connectivity index (χ0) is 20.7. The summed E-state index contributed by atoms with van der Waals surface area (Å²) in [5.41, 5.74) is 0.215. The number of nitrogens with zero attached hydrogens (tertiary/aromatic N) is 1. The van der Waals surface area contributed by atoms with E-state index in [2.05, 4.69) is 5.32 Å². The van der Waals surface area contributed by atoms with Gasteiger partial charge in [0.15, 0.2) is 17.7 Å². The van der Waals surface area contributed by atoms with E-state index in [4.69, 9.17) is 9.47 Å². The van der Waals surface area contributed by atoms with Gasteiger partial charge in [0.05, 0.1) is 7.11 Å². The molecule has 8 heteroatoms. The lowest BCUT2D eigenvalue weighted by Crippen LogP contribution is -2.30. The number of esters is 1. The van der Waals surface area contributed by atoms with Crippen LogP contribution < -0.4 is 10.1 Å². The van der Waals surface area contributed by atoms with Crippen LogP contribution in [0.15, 0.2) is 48.0 Å². The molecule has 0 unspecified atom stereocenters. The Morgan fingerprint density at radius 2 is 1.93 bits per heavy atom. The van der Waals surface area contributed by atoms with Crippen LogP contribution in [0.4, 0.5) is 14.5 Å². The fourth-order valence-electron chi connectivity index (χ4n) is 2.13. The highest BCUT2D eigenvalue weighted by Crippen LogP contribution is 2.17. The summed E-state index contributed by atoms with van der Waals surface area (Å²) in [6.07, 6.45) is 0.0212. The maximum absolute atomic E-state index is 13.2. The summed E-state index contributed by atoms with van der Waals surface area (Å²) in [5, 5.41) is 11.5. The van der Waals surface area contributed by atoms with Crippen molar-refractivity contribution in [3.63, 3.8) is 0 Å². The summed E-state index contributed by atoms with van der Waals surface area (Å²) >= 11 is 0. The van der Waals surface area contributed by atoms with E-state index in [1.165, 1.54) is 20.1 Å². The van der Waals surface area contributed by atoms with Gasteiger partial charge in [-0.05, 0) is 42.8 Å². The fourth-order valence-corrected chi connectivity index (χ4v) is 2.13. The lowest BCUT2D eigenvalue weighted by molar-refractivity contribution is -0.148. The maximum Gasteiger partial charge on any atom is 0.349 e. The number of benzene rings is 2. The first-order valence-corrected chi connectivity index (χ1v) is 8.06. The first-order chi connectivity index (χ1) is 13.3. The molecule has 0 fully saturated rings. The number of halogens is 2. The molecule has 0 aliphatic carbocycles. The number of carbonyl (C=O) groups is 2. The van der Waals surface area contributed by atoms with Crippen LogP contribution in [0, 0.1) is 23.0 Å². The van der Waals surface area contributed by atoms with Gasteiger partial charge in [0.25, 0.3) is 5.91 Å². The number of ether oxygens (including phenoxy) is 2. The summed E-state index contributed by atoms with van der Waals surface area (Å²) in [6.45, 7) is 1.29. The van der Waals surface area contributed by atoms with Gasteiger partial charge in [0, 0.05) is 11.8 Å². The number of hydrogen-bond acceptors (Lipinski definition) is 5. The van der Waals surface area contributed by atoms with Gasteiger partial charge in [-0.1, -0.05) is 12.1 Å². The molecule has 2 aromatic rings.